The fourth-order valence-corrected chi connectivity index (χ4v) is 3.77. The predicted molar refractivity (Wildman–Crippen MR) is 90.1 cm³/mol. The number of aromatic nitrogens is 2. The summed E-state index contributed by atoms with van der Waals surface area (Å²) < 4.78 is 15.2. The molecule has 2 aliphatic rings. The van der Waals surface area contributed by atoms with Gasteiger partial charge < -0.3 is 5.32 Å². The van der Waals surface area contributed by atoms with Crippen molar-refractivity contribution in [1.82, 2.24) is 15.1 Å². The van der Waals surface area contributed by atoms with Gasteiger partial charge in [-0.2, -0.15) is 5.10 Å². The highest BCUT2D eigenvalue weighted by molar-refractivity contribution is 5.99. The van der Waals surface area contributed by atoms with Crippen molar-refractivity contribution >= 4 is 11.7 Å². The highest BCUT2D eigenvalue weighted by Crippen LogP contribution is 2.43. The monoisotopic (exact) mass is 341 g/mol. The van der Waals surface area contributed by atoms with Crippen molar-refractivity contribution in [3.05, 3.63) is 53.1 Å². The number of fused-ring (bicyclic) bond motifs is 1. The number of nitrogens with one attached hydrogen (secondary N) is 1. The van der Waals surface area contributed by atoms with Crippen molar-refractivity contribution in [3.8, 4) is 0 Å². The van der Waals surface area contributed by atoms with Crippen molar-refractivity contribution in [2.45, 2.75) is 44.1 Å². The second kappa shape index (κ2) is 6.10. The quantitative estimate of drug-likeness (QED) is 0.930. The smallest absolute Gasteiger partial charge is 0.271 e. The Hall–Kier alpha value is -2.50. The molecule has 0 radical (unpaired) electrons. The standard InChI is InChI=1S/C19H20FN3O2/c20-14-5-1-4-13(10-14)19(7-3-8-19)12-21-18(25)15-11-16-17(24)6-2-9-23(16)22-15/h1,4-5,10-11H,2-3,6-9,12H2,(H,21,25). The molecule has 2 heterocycles. The molecule has 0 saturated heterocycles. The molecule has 1 aromatic heterocycles. The van der Waals surface area contributed by atoms with Crippen molar-refractivity contribution in [1.29, 1.82) is 0 Å². The summed E-state index contributed by atoms with van der Waals surface area (Å²) in [5.74, 6) is -0.499. The summed E-state index contributed by atoms with van der Waals surface area (Å²) in [5.41, 5.74) is 1.52. The maximum absolute atomic E-state index is 13.6. The first-order valence-electron chi connectivity index (χ1n) is 8.73. The molecule has 1 N–H and O–H groups in total. The number of hydrogen-bond donors (Lipinski definition) is 1. The number of carbonyl (C=O) groups excluding carboxylic acids is 2. The number of ketones is 1. The van der Waals surface area contributed by atoms with Crippen LogP contribution in [-0.2, 0) is 12.0 Å². The molecule has 0 bridgehead atoms. The van der Waals surface area contributed by atoms with Crippen LogP contribution in [0.5, 0.6) is 0 Å². The molecule has 0 unspecified atom stereocenters. The lowest BCUT2D eigenvalue weighted by molar-refractivity contribution is 0.0918. The predicted octanol–water partition coefficient (Wildman–Crippen LogP) is 2.85. The van der Waals surface area contributed by atoms with Crippen LogP contribution in [0.25, 0.3) is 0 Å². The lowest BCUT2D eigenvalue weighted by atomic mass is 9.64. The molecule has 1 aromatic carbocycles. The molecule has 5 nitrogen and oxygen atoms in total. The van der Waals surface area contributed by atoms with E-state index in [1.165, 1.54) is 6.07 Å². The molecule has 0 spiro atoms. The molecule has 1 fully saturated rings. The van der Waals surface area contributed by atoms with Gasteiger partial charge >= 0.3 is 0 Å². The first-order chi connectivity index (χ1) is 12.1. The third-order valence-corrected chi connectivity index (χ3v) is 5.41. The summed E-state index contributed by atoms with van der Waals surface area (Å²) in [6.07, 6.45) is 4.19. The number of halogens is 1. The number of hydrogen-bond acceptors (Lipinski definition) is 3. The number of aryl methyl sites for hydroxylation is 1. The number of nitrogens with zero attached hydrogens (tertiary/aromatic N) is 2. The van der Waals surface area contributed by atoms with E-state index >= 15 is 0 Å². The Kier molecular flexibility index (Phi) is 3.90. The zero-order valence-corrected chi connectivity index (χ0v) is 13.9. The lowest BCUT2D eigenvalue weighted by Gasteiger charge is -2.42. The zero-order chi connectivity index (χ0) is 17.4. The highest BCUT2D eigenvalue weighted by atomic mass is 19.1. The van der Waals surface area contributed by atoms with E-state index in [1.807, 2.05) is 6.07 Å². The Bertz CT molecular complexity index is 839. The summed E-state index contributed by atoms with van der Waals surface area (Å²) in [7, 11) is 0. The molecule has 130 valence electrons. The average molecular weight is 341 g/mol. The molecular weight excluding hydrogens is 321 g/mol. The largest absolute Gasteiger partial charge is 0.350 e. The molecule has 4 rings (SSSR count). The van der Waals surface area contributed by atoms with Crippen molar-refractivity contribution in [3.63, 3.8) is 0 Å². The van der Waals surface area contributed by atoms with Gasteiger partial charge in [-0.25, -0.2) is 4.39 Å². The molecule has 1 aliphatic carbocycles. The van der Waals surface area contributed by atoms with Gasteiger partial charge in [0.1, 0.15) is 11.5 Å². The number of amides is 1. The molecule has 1 aliphatic heterocycles. The van der Waals surface area contributed by atoms with Gasteiger partial charge in [0.2, 0.25) is 0 Å². The normalized spacial score (nSPS) is 18.4. The Labute approximate surface area is 145 Å². The summed E-state index contributed by atoms with van der Waals surface area (Å²) in [6, 6.07) is 8.19. The van der Waals surface area contributed by atoms with Crippen LogP contribution in [0.15, 0.2) is 30.3 Å². The molecule has 1 saturated carbocycles. The van der Waals surface area contributed by atoms with E-state index in [0.717, 1.165) is 31.2 Å². The van der Waals surface area contributed by atoms with Crippen molar-refractivity contribution in [2.24, 2.45) is 0 Å². The maximum atomic E-state index is 13.6. The van der Waals surface area contributed by atoms with Gasteiger partial charge in [-0.05, 0) is 37.0 Å². The van der Waals surface area contributed by atoms with E-state index in [2.05, 4.69) is 10.4 Å². The van der Waals surface area contributed by atoms with Crippen LogP contribution >= 0.6 is 0 Å². The van der Waals surface area contributed by atoms with Gasteiger partial charge in [-0.15, -0.1) is 0 Å². The summed E-state index contributed by atoms with van der Waals surface area (Å²) in [4.78, 5) is 24.4. The fourth-order valence-electron chi connectivity index (χ4n) is 3.77. The highest BCUT2D eigenvalue weighted by Gasteiger charge is 2.39. The van der Waals surface area contributed by atoms with E-state index in [0.29, 0.717) is 25.2 Å². The van der Waals surface area contributed by atoms with E-state index in [-0.39, 0.29) is 28.6 Å². The minimum atomic E-state index is -0.280. The van der Waals surface area contributed by atoms with Crippen LogP contribution in [0.3, 0.4) is 0 Å². The van der Waals surface area contributed by atoms with Crippen LogP contribution in [0.2, 0.25) is 0 Å². The second-order valence-electron chi connectivity index (χ2n) is 6.99. The van der Waals surface area contributed by atoms with Gasteiger partial charge in [0.15, 0.2) is 11.5 Å². The third-order valence-electron chi connectivity index (χ3n) is 5.41. The second-order valence-corrected chi connectivity index (χ2v) is 6.99. The van der Waals surface area contributed by atoms with Gasteiger partial charge in [0.05, 0.1) is 0 Å². The number of benzene rings is 1. The maximum Gasteiger partial charge on any atom is 0.271 e. The topological polar surface area (TPSA) is 64.0 Å². The number of rotatable bonds is 4. The first kappa shape index (κ1) is 16.0. The fraction of sp³-hybridized carbons (Fsp3) is 0.421. The Morgan fingerprint density at radius 2 is 2.12 bits per heavy atom. The Morgan fingerprint density at radius 1 is 1.28 bits per heavy atom. The van der Waals surface area contributed by atoms with Gasteiger partial charge in [0.25, 0.3) is 5.91 Å². The molecule has 2 aromatic rings. The molecular formula is C19H20FN3O2. The summed E-state index contributed by atoms with van der Waals surface area (Å²) in [5, 5.41) is 7.19. The number of carbonyl (C=O) groups is 2. The van der Waals surface area contributed by atoms with Crippen LogP contribution in [0.1, 0.15) is 58.6 Å². The summed E-state index contributed by atoms with van der Waals surface area (Å²) in [6.45, 7) is 1.12. The van der Waals surface area contributed by atoms with E-state index in [9.17, 15) is 14.0 Å². The Morgan fingerprint density at radius 3 is 2.80 bits per heavy atom. The lowest BCUT2D eigenvalue weighted by Crippen LogP contribution is -2.45. The van der Waals surface area contributed by atoms with Crippen molar-refractivity contribution < 1.29 is 14.0 Å². The van der Waals surface area contributed by atoms with E-state index in [1.54, 1.807) is 22.9 Å². The molecule has 6 heteroatoms. The van der Waals surface area contributed by atoms with Crippen LogP contribution in [0.4, 0.5) is 4.39 Å². The van der Waals surface area contributed by atoms with Crippen LogP contribution in [-0.4, -0.2) is 28.0 Å². The molecule has 25 heavy (non-hydrogen) atoms. The third kappa shape index (κ3) is 2.86. The minimum absolute atomic E-state index is 0.0352. The van der Waals surface area contributed by atoms with Gasteiger partial charge in [-0.3, -0.25) is 14.3 Å². The number of Topliss-reactive ketones (excluding diaryl/α,β-unsaturated/α-hetero) is 1. The van der Waals surface area contributed by atoms with Gasteiger partial charge in [-0.1, -0.05) is 18.6 Å². The molecule has 0 atom stereocenters. The summed E-state index contributed by atoms with van der Waals surface area (Å²) >= 11 is 0. The van der Waals surface area contributed by atoms with E-state index in [4.69, 9.17) is 0 Å². The van der Waals surface area contributed by atoms with Crippen LogP contribution < -0.4 is 5.32 Å². The van der Waals surface area contributed by atoms with E-state index < -0.39 is 0 Å². The zero-order valence-electron chi connectivity index (χ0n) is 13.9. The SMILES string of the molecule is O=C(NCC1(c2cccc(F)c2)CCC1)c1cc2n(n1)CCCC2=O. The van der Waals surface area contributed by atoms with Crippen LogP contribution in [0, 0.1) is 5.82 Å². The first-order valence-corrected chi connectivity index (χ1v) is 8.73. The molecule has 1 amide bonds. The van der Waals surface area contributed by atoms with Gasteiger partial charge in [0, 0.05) is 31.0 Å². The Balaban J connectivity index is 1.49. The average Bonchev–Trinajstić information content (AvgIpc) is 2.99. The van der Waals surface area contributed by atoms with Crippen molar-refractivity contribution in [2.75, 3.05) is 6.54 Å². The minimum Gasteiger partial charge on any atom is -0.350 e.